The van der Waals surface area contributed by atoms with Crippen molar-refractivity contribution in [3.05, 3.63) is 22.4 Å². The molecule has 2 heterocycles. The molecule has 0 aliphatic carbocycles. The number of piperidine rings is 1. The van der Waals surface area contributed by atoms with E-state index in [0.29, 0.717) is 32.5 Å². The van der Waals surface area contributed by atoms with E-state index in [9.17, 15) is 14.7 Å². The Hall–Kier alpha value is -1.56. The summed E-state index contributed by atoms with van der Waals surface area (Å²) in [5, 5.41) is 16.2. The third-order valence-corrected chi connectivity index (χ3v) is 4.75. The average molecular weight is 296 g/mol. The van der Waals surface area contributed by atoms with Crippen LogP contribution in [0.5, 0.6) is 0 Å². The number of hydrogen-bond acceptors (Lipinski definition) is 3. The van der Waals surface area contributed by atoms with Gasteiger partial charge in [0.2, 0.25) is 0 Å². The number of carbonyl (C=O) groups excluding carboxylic acids is 1. The van der Waals surface area contributed by atoms with Gasteiger partial charge in [0.25, 0.3) is 0 Å². The van der Waals surface area contributed by atoms with Crippen LogP contribution in [0.15, 0.2) is 16.8 Å². The highest BCUT2D eigenvalue weighted by Crippen LogP contribution is 2.33. The predicted octanol–water partition coefficient (Wildman–Crippen LogP) is 2.53. The van der Waals surface area contributed by atoms with E-state index in [-0.39, 0.29) is 6.03 Å². The Morgan fingerprint density at radius 3 is 2.95 bits per heavy atom. The minimum absolute atomic E-state index is 0.171. The van der Waals surface area contributed by atoms with Gasteiger partial charge in [-0.25, -0.2) is 4.79 Å². The van der Waals surface area contributed by atoms with E-state index in [4.69, 9.17) is 0 Å². The van der Waals surface area contributed by atoms with Crippen molar-refractivity contribution >= 4 is 23.3 Å². The summed E-state index contributed by atoms with van der Waals surface area (Å²) in [4.78, 5) is 25.2. The molecule has 1 fully saturated rings. The molecule has 1 aromatic rings. The van der Waals surface area contributed by atoms with E-state index in [1.807, 2.05) is 23.8 Å². The molecule has 6 heteroatoms. The van der Waals surface area contributed by atoms with Gasteiger partial charge in [-0.15, -0.1) is 0 Å². The van der Waals surface area contributed by atoms with E-state index in [1.54, 1.807) is 16.2 Å². The molecule has 2 rings (SSSR count). The first kappa shape index (κ1) is 14.8. The molecule has 5 nitrogen and oxygen atoms in total. The second-order valence-electron chi connectivity index (χ2n) is 5.25. The second kappa shape index (κ2) is 6.26. The largest absolute Gasteiger partial charge is 0.481 e. The molecular weight excluding hydrogens is 276 g/mol. The molecule has 0 saturated carbocycles. The van der Waals surface area contributed by atoms with Crippen LogP contribution in [0.2, 0.25) is 0 Å². The molecule has 0 bridgehead atoms. The molecule has 0 spiro atoms. The van der Waals surface area contributed by atoms with Gasteiger partial charge in [0.15, 0.2) is 0 Å². The van der Waals surface area contributed by atoms with Crippen molar-refractivity contribution in [1.82, 2.24) is 10.2 Å². The Bertz CT molecular complexity index is 475. The summed E-state index contributed by atoms with van der Waals surface area (Å²) in [6.07, 6.45) is 1.94. The van der Waals surface area contributed by atoms with Crippen LogP contribution in [0, 0.1) is 5.41 Å². The van der Waals surface area contributed by atoms with Crippen molar-refractivity contribution in [3.63, 3.8) is 0 Å². The zero-order chi connectivity index (χ0) is 14.6. The van der Waals surface area contributed by atoms with E-state index in [1.165, 1.54) is 0 Å². The third kappa shape index (κ3) is 3.12. The minimum atomic E-state index is -0.796. The number of thiophene rings is 1. The van der Waals surface area contributed by atoms with Crippen molar-refractivity contribution < 1.29 is 14.7 Å². The molecule has 1 unspecified atom stereocenters. The Morgan fingerprint density at radius 2 is 2.35 bits per heavy atom. The molecule has 0 radical (unpaired) electrons. The summed E-state index contributed by atoms with van der Waals surface area (Å²) >= 11 is 1.59. The van der Waals surface area contributed by atoms with Crippen LogP contribution in [0.3, 0.4) is 0 Å². The molecule has 1 atom stereocenters. The maximum atomic E-state index is 12.1. The SMILES string of the molecule is CCC1(C(=O)O)CCCN(C(=O)NCc2ccsc2)C1. The third-order valence-electron chi connectivity index (χ3n) is 4.02. The fraction of sp³-hybridized carbons (Fsp3) is 0.571. The molecule has 1 saturated heterocycles. The first-order chi connectivity index (χ1) is 9.57. The molecule has 110 valence electrons. The first-order valence-corrected chi connectivity index (χ1v) is 7.79. The lowest BCUT2D eigenvalue weighted by atomic mass is 9.78. The number of amides is 2. The van der Waals surface area contributed by atoms with E-state index in [0.717, 1.165) is 12.0 Å². The lowest BCUT2D eigenvalue weighted by Gasteiger charge is -2.39. The van der Waals surface area contributed by atoms with Crippen LogP contribution in [0.4, 0.5) is 4.79 Å². The number of carbonyl (C=O) groups is 2. The number of nitrogens with zero attached hydrogens (tertiary/aromatic N) is 1. The van der Waals surface area contributed by atoms with Crippen LogP contribution in [0.25, 0.3) is 0 Å². The zero-order valence-electron chi connectivity index (χ0n) is 11.6. The topological polar surface area (TPSA) is 69.6 Å². The molecule has 1 aliphatic heterocycles. The Balaban J connectivity index is 1.94. The Morgan fingerprint density at radius 1 is 1.55 bits per heavy atom. The fourth-order valence-corrected chi connectivity index (χ4v) is 3.27. The first-order valence-electron chi connectivity index (χ1n) is 6.84. The van der Waals surface area contributed by atoms with Crippen LogP contribution in [-0.2, 0) is 11.3 Å². The molecule has 1 aliphatic rings. The van der Waals surface area contributed by atoms with E-state index >= 15 is 0 Å². The van der Waals surface area contributed by atoms with Crippen LogP contribution in [0.1, 0.15) is 31.7 Å². The van der Waals surface area contributed by atoms with Crippen molar-refractivity contribution in [1.29, 1.82) is 0 Å². The summed E-state index contributed by atoms with van der Waals surface area (Å²) in [7, 11) is 0. The standard InChI is InChI=1S/C14H20N2O3S/c1-2-14(12(17)18)5-3-6-16(10-14)13(19)15-8-11-4-7-20-9-11/h4,7,9H,2-3,5-6,8,10H2,1H3,(H,15,19)(H,17,18). The van der Waals surface area contributed by atoms with Crippen LogP contribution >= 0.6 is 11.3 Å². The van der Waals surface area contributed by atoms with E-state index < -0.39 is 11.4 Å². The smallest absolute Gasteiger partial charge is 0.317 e. The lowest BCUT2D eigenvalue weighted by Crippen LogP contribution is -2.52. The maximum absolute atomic E-state index is 12.1. The van der Waals surface area contributed by atoms with Crippen molar-refractivity contribution in [2.24, 2.45) is 5.41 Å². The van der Waals surface area contributed by atoms with Crippen molar-refractivity contribution in [2.45, 2.75) is 32.7 Å². The van der Waals surface area contributed by atoms with Crippen molar-refractivity contribution in [3.8, 4) is 0 Å². The lowest BCUT2D eigenvalue weighted by molar-refractivity contribution is -0.152. The number of rotatable bonds is 4. The van der Waals surface area contributed by atoms with Gasteiger partial charge in [-0.2, -0.15) is 11.3 Å². The van der Waals surface area contributed by atoms with E-state index in [2.05, 4.69) is 5.32 Å². The minimum Gasteiger partial charge on any atom is -0.481 e. The average Bonchev–Trinajstić information content (AvgIpc) is 2.97. The van der Waals surface area contributed by atoms with Gasteiger partial charge >= 0.3 is 12.0 Å². The summed E-state index contributed by atoms with van der Waals surface area (Å²) in [6, 6.07) is 1.80. The molecule has 0 aromatic carbocycles. The number of carboxylic acids is 1. The summed E-state index contributed by atoms with van der Waals surface area (Å²) < 4.78 is 0. The molecule has 20 heavy (non-hydrogen) atoms. The Kier molecular flexibility index (Phi) is 4.65. The van der Waals surface area contributed by atoms with Gasteiger partial charge in [0.05, 0.1) is 5.41 Å². The van der Waals surface area contributed by atoms with Gasteiger partial charge in [-0.05, 0) is 41.7 Å². The number of carboxylic acid groups (broad SMARTS) is 1. The van der Waals surface area contributed by atoms with Gasteiger partial charge in [0.1, 0.15) is 0 Å². The Labute approximate surface area is 122 Å². The quantitative estimate of drug-likeness (QED) is 0.897. The van der Waals surface area contributed by atoms with Crippen molar-refractivity contribution in [2.75, 3.05) is 13.1 Å². The highest BCUT2D eigenvalue weighted by atomic mass is 32.1. The van der Waals surface area contributed by atoms with Crippen LogP contribution in [-0.4, -0.2) is 35.1 Å². The van der Waals surface area contributed by atoms with Gasteiger partial charge in [-0.1, -0.05) is 6.92 Å². The summed E-state index contributed by atoms with van der Waals surface area (Å²) in [6.45, 7) is 3.30. The number of likely N-dealkylation sites (tertiary alicyclic amines) is 1. The zero-order valence-corrected chi connectivity index (χ0v) is 12.4. The molecule has 2 amide bonds. The predicted molar refractivity (Wildman–Crippen MR) is 77.7 cm³/mol. The number of hydrogen-bond donors (Lipinski definition) is 2. The molecule has 2 N–H and O–H groups in total. The summed E-state index contributed by atoms with van der Waals surface area (Å²) in [5.74, 6) is -0.796. The molecule has 1 aromatic heterocycles. The number of urea groups is 1. The highest BCUT2D eigenvalue weighted by Gasteiger charge is 2.42. The number of nitrogens with one attached hydrogen (secondary N) is 1. The second-order valence-corrected chi connectivity index (χ2v) is 6.03. The molecular formula is C14H20N2O3S. The van der Waals surface area contributed by atoms with Gasteiger partial charge in [-0.3, -0.25) is 4.79 Å². The highest BCUT2D eigenvalue weighted by molar-refractivity contribution is 7.07. The maximum Gasteiger partial charge on any atom is 0.317 e. The summed E-state index contributed by atoms with van der Waals surface area (Å²) in [5.41, 5.74) is 0.290. The monoisotopic (exact) mass is 296 g/mol. The number of aliphatic carboxylic acids is 1. The van der Waals surface area contributed by atoms with Gasteiger partial charge in [0, 0.05) is 19.6 Å². The fourth-order valence-electron chi connectivity index (χ4n) is 2.60. The van der Waals surface area contributed by atoms with Crippen LogP contribution < -0.4 is 5.32 Å². The normalized spacial score (nSPS) is 22.6. The van der Waals surface area contributed by atoms with Gasteiger partial charge < -0.3 is 15.3 Å².